The number of carbonyl (C=O) groups excluding carboxylic acids is 2. The molecule has 0 amide bonds. The molecule has 0 spiro atoms. The quantitative estimate of drug-likeness (QED) is 0.632. The number of ketones is 1. The Morgan fingerprint density at radius 2 is 2.08 bits per heavy atom. The summed E-state index contributed by atoms with van der Waals surface area (Å²) < 4.78 is 0. The molecule has 0 saturated heterocycles. The molecule has 6 atom stereocenters. The van der Waals surface area contributed by atoms with Gasteiger partial charge in [-0.3, -0.25) is 9.59 Å². The van der Waals surface area contributed by atoms with E-state index in [1.165, 1.54) is 36.6 Å². The molecule has 0 N–H and O–H groups in total. The van der Waals surface area contributed by atoms with Crippen LogP contribution in [-0.4, -0.2) is 16.1 Å². The lowest BCUT2D eigenvalue weighted by Crippen LogP contribution is -2.54. The van der Waals surface area contributed by atoms with E-state index < -0.39 is 0 Å². The molecular formula is C21H28O2S. The summed E-state index contributed by atoms with van der Waals surface area (Å²) in [5.41, 5.74) is 1.90. The van der Waals surface area contributed by atoms with Crippen LogP contribution in [-0.2, 0) is 9.59 Å². The van der Waals surface area contributed by atoms with E-state index in [1.54, 1.807) is 6.92 Å². The van der Waals surface area contributed by atoms with Crippen LogP contribution in [0.15, 0.2) is 23.8 Å². The summed E-state index contributed by atoms with van der Waals surface area (Å²) in [6, 6.07) is 0. The Morgan fingerprint density at radius 3 is 2.83 bits per heavy atom. The molecular weight excluding hydrogens is 316 g/mol. The fourth-order valence-corrected chi connectivity index (χ4v) is 7.46. The van der Waals surface area contributed by atoms with Crippen molar-refractivity contribution in [1.29, 1.82) is 0 Å². The van der Waals surface area contributed by atoms with Crippen molar-refractivity contribution in [3.05, 3.63) is 23.8 Å². The summed E-state index contributed by atoms with van der Waals surface area (Å²) in [6.45, 7) is 6.54. The summed E-state index contributed by atoms with van der Waals surface area (Å²) in [6.07, 6.45) is 13.1. The average Bonchev–Trinajstić information content (AvgIpc) is 2.90. The highest BCUT2D eigenvalue weighted by molar-refractivity contribution is 8.14. The first kappa shape index (κ1) is 16.6. The molecule has 2 saturated carbocycles. The predicted molar refractivity (Wildman–Crippen MR) is 98.7 cm³/mol. The zero-order valence-electron chi connectivity index (χ0n) is 15.0. The smallest absolute Gasteiger partial charge is 0.186 e. The van der Waals surface area contributed by atoms with Crippen LogP contribution in [0.1, 0.15) is 59.3 Å². The summed E-state index contributed by atoms with van der Waals surface area (Å²) in [5, 5.41) is 0.560. The van der Waals surface area contributed by atoms with Crippen LogP contribution in [0.5, 0.6) is 0 Å². The van der Waals surface area contributed by atoms with Gasteiger partial charge in [-0.1, -0.05) is 43.3 Å². The van der Waals surface area contributed by atoms with Crippen LogP contribution in [0, 0.1) is 28.6 Å². The number of thioether (sulfide) groups is 1. The molecule has 2 nitrogen and oxygen atoms in total. The molecule has 0 bridgehead atoms. The lowest BCUT2D eigenvalue weighted by molar-refractivity contribution is -0.117. The third kappa shape index (κ3) is 2.38. The van der Waals surface area contributed by atoms with Gasteiger partial charge in [-0.05, 0) is 66.8 Å². The molecule has 0 heterocycles. The van der Waals surface area contributed by atoms with Gasteiger partial charge in [0.2, 0.25) is 0 Å². The van der Waals surface area contributed by atoms with E-state index in [-0.39, 0.29) is 16.3 Å². The Balaban J connectivity index is 1.77. The van der Waals surface area contributed by atoms with Crippen molar-refractivity contribution in [2.75, 3.05) is 0 Å². The molecule has 0 aromatic heterocycles. The second-order valence-electron chi connectivity index (χ2n) is 8.94. The van der Waals surface area contributed by atoms with Crippen LogP contribution in [0.3, 0.4) is 0 Å². The minimum atomic E-state index is 0.171. The van der Waals surface area contributed by atoms with Crippen molar-refractivity contribution < 1.29 is 9.59 Å². The Morgan fingerprint density at radius 1 is 1.29 bits per heavy atom. The van der Waals surface area contributed by atoms with E-state index in [4.69, 9.17) is 0 Å². The minimum Gasteiger partial charge on any atom is -0.295 e. The predicted octanol–water partition coefficient (Wildman–Crippen LogP) is 4.94. The molecule has 4 rings (SSSR count). The Hall–Kier alpha value is -0.830. The van der Waals surface area contributed by atoms with E-state index in [2.05, 4.69) is 26.0 Å². The number of fused-ring (bicyclic) bond motifs is 5. The van der Waals surface area contributed by atoms with Crippen LogP contribution in [0.25, 0.3) is 0 Å². The number of rotatable bonds is 1. The highest BCUT2D eigenvalue weighted by Gasteiger charge is 2.58. The average molecular weight is 345 g/mol. The molecule has 2 fully saturated rings. The molecule has 4 aliphatic carbocycles. The summed E-state index contributed by atoms with van der Waals surface area (Å²) in [7, 11) is 0. The number of carbonyl (C=O) groups is 2. The minimum absolute atomic E-state index is 0.171. The first-order valence-electron chi connectivity index (χ1n) is 9.41. The van der Waals surface area contributed by atoms with Gasteiger partial charge in [-0.15, -0.1) is 0 Å². The van der Waals surface area contributed by atoms with Gasteiger partial charge in [-0.2, -0.15) is 0 Å². The zero-order chi connectivity index (χ0) is 17.1. The molecule has 0 aromatic carbocycles. The maximum atomic E-state index is 12.0. The van der Waals surface area contributed by atoms with Crippen LogP contribution < -0.4 is 0 Å². The second-order valence-corrected chi connectivity index (χ2v) is 10.4. The number of hydrogen-bond acceptors (Lipinski definition) is 3. The van der Waals surface area contributed by atoms with E-state index >= 15 is 0 Å². The topological polar surface area (TPSA) is 34.1 Å². The normalized spacial score (nSPS) is 46.8. The molecule has 130 valence electrons. The van der Waals surface area contributed by atoms with Crippen molar-refractivity contribution in [2.24, 2.45) is 28.6 Å². The first-order chi connectivity index (χ1) is 11.3. The van der Waals surface area contributed by atoms with Gasteiger partial charge in [0.1, 0.15) is 0 Å². The lowest BCUT2D eigenvalue weighted by atomic mass is 9.47. The van der Waals surface area contributed by atoms with E-state index in [1.807, 2.05) is 6.08 Å². The SMILES string of the molecule is CC(=O)S[C@@H]1CC2=CC(=O)CC[C@]2(C)[C@H]2CC[C@]3(C)CC=C[C@H]3[C@H]12. The van der Waals surface area contributed by atoms with Crippen LogP contribution in [0.4, 0.5) is 0 Å². The third-order valence-electron chi connectivity index (χ3n) is 7.58. The molecule has 0 aliphatic heterocycles. The van der Waals surface area contributed by atoms with Crippen molar-refractivity contribution >= 4 is 22.7 Å². The monoisotopic (exact) mass is 344 g/mol. The Kier molecular flexibility index (Phi) is 3.87. The van der Waals surface area contributed by atoms with Crippen molar-refractivity contribution in [1.82, 2.24) is 0 Å². The molecule has 0 aromatic rings. The van der Waals surface area contributed by atoms with Gasteiger partial charge in [0.15, 0.2) is 10.9 Å². The first-order valence-corrected chi connectivity index (χ1v) is 10.3. The van der Waals surface area contributed by atoms with Crippen LogP contribution >= 0.6 is 11.8 Å². The summed E-state index contributed by atoms with van der Waals surface area (Å²) in [4.78, 5) is 23.9. The maximum absolute atomic E-state index is 12.0. The largest absolute Gasteiger partial charge is 0.295 e. The zero-order valence-corrected chi connectivity index (χ0v) is 15.8. The van der Waals surface area contributed by atoms with Gasteiger partial charge < -0.3 is 0 Å². The highest BCUT2D eigenvalue weighted by Crippen LogP contribution is 2.65. The van der Waals surface area contributed by atoms with Gasteiger partial charge in [-0.25, -0.2) is 0 Å². The molecule has 0 unspecified atom stereocenters. The number of hydrogen-bond donors (Lipinski definition) is 0. The van der Waals surface area contributed by atoms with E-state index in [0.717, 1.165) is 12.8 Å². The summed E-state index contributed by atoms with van der Waals surface area (Å²) >= 11 is 1.54. The van der Waals surface area contributed by atoms with E-state index in [9.17, 15) is 9.59 Å². The molecule has 4 aliphatic rings. The maximum Gasteiger partial charge on any atom is 0.186 e. The standard InChI is InChI=1S/C21H28O2S/c1-13(22)24-18-12-14-11-15(23)6-10-21(14,3)17-7-9-20(2)8-4-5-16(20)19(17)18/h4-5,11,16-19H,6-10,12H2,1-3H3/t16-,17-,18+,19-,20-,21-/m0/s1. The van der Waals surface area contributed by atoms with Gasteiger partial charge in [0.25, 0.3) is 0 Å². The molecule has 0 radical (unpaired) electrons. The van der Waals surface area contributed by atoms with Gasteiger partial charge in [0.05, 0.1) is 0 Å². The van der Waals surface area contributed by atoms with Gasteiger partial charge in [0, 0.05) is 18.6 Å². The van der Waals surface area contributed by atoms with E-state index in [0.29, 0.717) is 34.8 Å². The van der Waals surface area contributed by atoms with Crippen molar-refractivity contribution in [3.8, 4) is 0 Å². The molecule has 24 heavy (non-hydrogen) atoms. The lowest BCUT2D eigenvalue weighted by Gasteiger charge is -2.59. The molecule has 3 heteroatoms. The second kappa shape index (κ2) is 5.59. The van der Waals surface area contributed by atoms with Crippen LogP contribution in [0.2, 0.25) is 0 Å². The summed E-state index contributed by atoms with van der Waals surface area (Å²) in [5.74, 6) is 2.08. The third-order valence-corrected chi connectivity index (χ3v) is 8.70. The number of allylic oxidation sites excluding steroid dienone is 4. The fourth-order valence-electron chi connectivity index (χ4n) is 6.25. The Labute approximate surface area is 149 Å². The highest BCUT2D eigenvalue weighted by atomic mass is 32.2. The van der Waals surface area contributed by atoms with Gasteiger partial charge >= 0.3 is 0 Å². The van der Waals surface area contributed by atoms with Crippen molar-refractivity contribution in [2.45, 2.75) is 64.5 Å². The van der Waals surface area contributed by atoms with Crippen molar-refractivity contribution in [3.63, 3.8) is 0 Å². The Bertz CT molecular complexity index is 648. The fraction of sp³-hybridized carbons (Fsp3) is 0.714.